The lowest BCUT2D eigenvalue weighted by Crippen LogP contribution is -2.38. The van der Waals surface area contributed by atoms with Crippen LogP contribution >= 0.6 is 11.3 Å². The molecule has 23 heavy (non-hydrogen) atoms. The van der Waals surface area contributed by atoms with E-state index >= 15 is 0 Å². The van der Waals surface area contributed by atoms with Crippen molar-refractivity contribution in [1.82, 2.24) is 15.6 Å². The van der Waals surface area contributed by atoms with E-state index in [4.69, 9.17) is 0 Å². The number of amides is 1. The normalized spacial score (nSPS) is 17.9. The number of thiazole rings is 1. The highest BCUT2D eigenvalue weighted by atomic mass is 32.1. The van der Waals surface area contributed by atoms with Crippen molar-refractivity contribution < 1.29 is 4.79 Å². The number of aromatic nitrogens is 1. The Morgan fingerprint density at radius 2 is 2.39 bits per heavy atom. The molecule has 0 spiro atoms. The number of benzene rings is 1. The molecule has 5 heteroatoms. The third-order valence-electron chi connectivity index (χ3n) is 4.15. The van der Waals surface area contributed by atoms with E-state index in [1.807, 2.05) is 11.4 Å². The van der Waals surface area contributed by atoms with Crippen molar-refractivity contribution in [1.29, 1.82) is 0 Å². The van der Waals surface area contributed by atoms with Crippen molar-refractivity contribution in [3.8, 4) is 10.6 Å². The summed E-state index contributed by atoms with van der Waals surface area (Å²) in [6.07, 6.45) is 2.76. The molecule has 2 aromatic rings. The molecule has 1 aromatic carbocycles. The van der Waals surface area contributed by atoms with Crippen LogP contribution in [0.4, 0.5) is 0 Å². The first-order valence-corrected chi connectivity index (χ1v) is 9.07. The van der Waals surface area contributed by atoms with E-state index in [-0.39, 0.29) is 5.91 Å². The molecule has 0 saturated carbocycles. The zero-order valence-corrected chi connectivity index (χ0v) is 14.3. The largest absolute Gasteiger partial charge is 0.355 e. The summed E-state index contributed by atoms with van der Waals surface area (Å²) in [4.78, 5) is 16.7. The van der Waals surface area contributed by atoms with Gasteiger partial charge in [0.25, 0.3) is 0 Å². The summed E-state index contributed by atoms with van der Waals surface area (Å²) in [6, 6.07) is 8.30. The Morgan fingerprint density at radius 3 is 3.17 bits per heavy atom. The number of carbonyl (C=O) groups excluding carboxylic acids is 1. The van der Waals surface area contributed by atoms with Crippen LogP contribution in [0.3, 0.4) is 0 Å². The summed E-state index contributed by atoms with van der Waals surface area (Å²) in [5, 5.41) is 9.38. The van der Waals surface area contributed by atoms with Crippen molar-refractivity contribution in [3.63, 3.8) is 0 Å². The Hall–Kier alpha value is -1.72. The highest BCUT2D eigenvalue weighted by Crippen LogP contribution is 2.24. The number of rotatable bonds is 5. The van der Waals surface area contributed by atoms with Crippen LogP contribution in [0, 0.1) is 12.8 Å². The van der Waals surface area contributed by atoms with Gasteiger partial charge in [-0.25, -0.2) is 4.98 Å². The number of hydrogen-bond acceptors (Lipinski definition) is 4. The molecular formula is C18H23N3OS. The zero-order valence-electron chi connectivity index (χ0n) is 13.5. The minimum atomic E-state index is 0.0664. The second-order valence-corrected chi connectivity index (χ2v) is 7.06. The first-order valence-electron chi connectivity index (χ1n) is 8.19. The van der Waals surface area contributed by atoms with Gasteiger partial charge in [0.15, 0.2) is 0 Å². The van der Waals surface area contributed by atoms with Crippen molar-refractivity contribution in [2.75, 3.05) is 19.6 Å². The van der Waals surface area contributed by atoms with Crippen molar-refractivity contribution in [2.24, 2.45) is 5.92 Å². The fourth-order valence-corrected chi connectivity index (χ4v) is 3.70. The fraction of sp³-hybridized carbons (Fsp3) is 0.444. The average Bonchev–Trinajstić information content (AvgIpc) is 3.02. The predicted octanol–water partition coefficient (Wildman–Crippen LogP) is 2.78. The third-order valence-corrected chi connectivity index (χ3v) is 5.09. The van der Waals surface area contributed by atoms with Crippen LogP contribution in [0.5, 0.6) is 0 Å². The Bertz CT molecular complexity index is 662. The van der Waals surface area contributed by atoms with Gasteiger partial charge in [-0.1, -0.05) is 23.8 Å². The first kappa shape index (κ1) is 16.1. The van der Waals surface area contributed by atoms with Crippen LogP contribution in [-0.4, -0.2) is 30.5 Å². The highest BCUT2D eigenvalue weighted by Gasteiger charge is 2.14. The van der Waals surface area contributed by atoms with Crippen LogP contribution in [-0.2, 0) is 11.2 Å². The smallest absolute Gasteiger partial charge is 0.226 e. The van der Waals surface area contributed by atoms with Crippen LogP contribution in [0.2, 0.25) is 0 Å². The molecule has 2 heterocycles. The van der Waals surface area contributed by atoms with Crippen molar-refractivity contribution in [3.05, 3.63) is 40.9 Å². The molecule has 0 radical (unpaired) electrons. The Kier molecular flexibility index (Phi) is 5.41. The van der Waals surface area contributed by atoms with Crippen LogP contribution in [0.1, 0.15) is 24.1 Å². The Morgan fingerprint density at radius 1 is 1.48 bits per heavy atom. The maximum atomic E-state index is 12.1. The summed E-state index contributed by atoms with van der Waals surface area (Å²) < 4.78 is 0. The highest BCUT2D eigenvalue weighted by molar-refractivity contribution is 7.13. The summed E-state index contributed by atoms with van der Waals surface area (Å²) >= 11 is 1.60. The second kappa shape index (κ2) is 7.70. The maximum absolute atomic E-state index is 12.1. The van der Waals surface area contributed by atoms with Crippen LogP contribution in [0.15, 0.2) is 29.6 Å². The van der Waals surface area contributed by atoms with Gasteiger partial charge in [0, 0.05) is 17.5 Å². The fourth-order valence-electron chi connectivity index (χ4n) is 2.88. The van der Waals surface area contributed by atoms with E-state index in [1.54, 1.807) is 11.3 Å². The topological polar surface area (TPSA) is 54.0 Å². The molecule has 1 aliphatic heterocycles. The molecule has 122 valence electrons. The van der Waals surface area contributed by atoms with Crippen molar-refractivity contribution in [2.45, 2.75) is 26.2 Å². The molecule has 0 aliphatic carbocycles. The van der Waals surface area contributed by atoms with E-state index < -0.39 is 0 Å². The Balaban J connectivity index is 1.53. The quantitative estimate of drug-likeness (QED) is 0.887. The van der Waals surface area contributed by atoms with E-state index in [0.717, 1.165) is 35.9 Å². The molecule has 0 bridgehead atoms. The van der Waals surface area contributed by atoms with Gasteiger partial charge >= 0.3 is 0 Å². The number of nitrogens with one attached hydrogen (secondary N) is 2. The molecule has 2 N–H and O–H groups in total. The summed E-state index contributed by atoms with van der Waals surface area (Å²) in [7, 11) is 0. The monoisotopic (exact) mass is 329 g/mol. The van der Waals surface area contributed by atoms with Gasteiger partial charge < -0.3 is 10.6 Å². The van der Waals surface area contributed by atoms with Crippen molar-refractivity contribution >= 4 is 17.2 Å². The minimum Gasteiger partial charge on any atom is -0.355 e. The molecule has 1 amide bonds. The van der Waals surface area contributed by atoms with Crippen LogP contribution < -0.4 is 10.6 Å². The molecule has 4 nitrogen and oxygen atoms in total. The maximum Gasteiger partial charge on any atom is 0.226 e. The van der Waals surface area contributed by atoms with E-state index in [1.165, 1.54) is 18.4 Å². The lowest BCUT2D eigenvalue weighted by Gasteiger charge is -2.22. The molecule has 1 unspecified atom stereocenters. The number of piperidine rings is 1. The van der Waals surface area contributed by atoms with Gasteiger partial charge in [0.2, 0.25) is 5.91 Å². The van der Waals surface area contributed by atoms with Gasteiger partial charge in [-0.2, -0.15) is 0 Å². The van der Waals surface area contributed by atoms with Gasteiger partial charge in [-0.05, 0) is 44.8 Å². The molecular weight excluding hydrogens is 306 g/mol. The van der Waals surface area contributed by atoms with E-state index in [9.17, 15) is 4.79 Å². The number of hydrogen-bond donors (Lipinski definition) is 2. The summed E-state index contributed by atoms with van der Waals surface area (Å²) in [5.41, 5.74) is 3.19. The molecule has 1 atom stereocenters. The zero-order chi connectivity index (χ0) is 16.1. The average molecular weight is 329 g/mol. The van der Waals surface area contributed by atoms with E-state index in [2.05, 4.69) is 40.7 Å². The van der Waals surface area contributed by atoms with Gasteiger partial charge in [-0.3, -0.25) is 4.79 Å². The lowest BCUT2D eigenvalue weighted by atomic mass is 10.00. The Labute approximate surface area is 141 Å². The molecule has 1 fully saturated rings. The second-order valence-electron chi connectivity index (χ2n) is 6.21. The van der Waals surface area contributed by atoms with Gasteiger partial charge in [0.1, 0.15) is 5.01 Å². The molecule has 1 saturated heterocycles. The number of nitrogens with zero attached hydrogens (tertiary/aromatic N) is 1. The molecule has 1 aliphatic rings. The summed E-state index contributed by atoms with van der Waals surface area (Å²) in [6.45, 7) is 4.95. The lowest BCUT2D eigenvalue weighted by molar-refractivity contribution is -0.120. The number of carbonyl (C=O) groups is 1. The van der Waals surface area contributed by atoms with Crippen LogP contribution in [0.25, 0.3) is 10.6 Å². The predicted molar refractivity (Wildman–Crippen MR) is 94.6 cm³/mol. The molecule has 3 rings (SSSR count). The standard InChI is InChI=1S/C18H23N3OS/c1-13-4-2-6-15(8-13)18-21-16(12-23-18)9-17(22)20-11-14-5-3-7-19-10-14/h2,4,6,8,12,14,19H,3,5,7,9-11H2,1H3,(H,20,22). The number of aryl methyl sites for hydroxylation is 1. The first-order chi connectivity index (χ1) is 11.2. The third kappa shape index (κ3) is 4.62. The minimum absolute atomic E-state index is 0.0664. The molecule has 1 aromatic heterocycles. The van der Waals surface area contributed by atoms with Gasteiger partial charge in [-0.15, -0.1) is 11.3 Å². The SMILES string of the molecule is Cc1cccc(-c2nc(CC(=O)NCC3CCCNC3)cs2)c1. The van der Waals surface area contributed by atoms with Gasteiger partial charge in [0.05, 0.1) is 12.1 Å². The summed E-state index contributed by atoms with van der Waals surface area (Å²) in [5.74, 6) is 0.627. The van der Waals surface area contributed by atoms with E-state index in [0.29, 0.717) is 12.3 Å².